The van der Waals surface area contributed by atoms with Crippen LogP contribution in [0.2, 0.25) is 0 Å². The zero-order valence-corrected chi connectivity index (χ0v) is 9.60. The Hall–Kier alpha value is -0.740. The highest BCUT2D eigenvalue weighted by Gasteiger charge is 2.14. The molecular weight excluding hydrogens is 194 g/mol. The van der Waals surface area contributed by atoms with Crippen LogP contribution in [0.3, 0.4) is 0 Å². The number of rotatable bonds is 5. The molecular formula is C10H17N3S. The Morgan fingerprint density at radius 3 is 2.93 bits per heavy atom. The van der Waals surface area contributed by atoms with Crippen molar-refractivity contribution in [3.63, 3.8) is 0 Å². The van der Waals surface area contributed by atoms with Gasteiger partial charge in [-0.25, -0.2) is 0 Å². The van der Waals surface area contributed by atoms with Gasteiger partial charge in [-0.15, -0.1) is 11.7 Å². The van der Waals surface area contributed by atoms with Gasteiger partial charge >= 0.3 is 0 Å². The molecule has 0 spiro atoms. The van der Waals surface area contributed by atoms with Gasteiger partial charge in [0.05, 0.1) is 10.6 Å². The van der Waals surface area contributed by atoms with Crippen molar-refractivity contribution in [2.24, 2.45) is 5.73 Å². The molecule has 3 nitrogen and oxygen atoms in total. The minimum Gasteiger partial charge on any atom is -0.323 e. The van der Waals surface area contributed by atoms with Crippen molar-refractivity contribution in [1.82, 2.24) is 9.59 Å². The Morgan fingerprint density at radius 2 is 2.36 bits per heavy atom. The molecule has 0 amide bonds. The first-order valence-corrected chi connectivity index (χ1v) is 5.63. The normalized spacial score (nSPS) is 12.8. The predicted molar refractivity (Wildman–Crippen MR) is 60.3 cm³/mol. The van der Waals surface area contributed by atoms with E-state index in [1.165, 1.54) is 11.5 Å². The molecule has 2 N–H and O–H groups in total. The van der Waals surface area contributed by atoms with Crippen molar-refractivity contribution in [1.29, 1.82) is 0 Å². The van der Waals surface area contributed by atoms with Gasteiger partial charge in [0, 0.05) is 6.04 Å². The molecule has 1 atom stereocenters. The lowest BCUT2D eigenvalue weighted by Crippen LogP contribution is -2.11. The maximum absolute atomic E-state index is 6.04. The second-order valence-corrected chi connectivity index (χ2v) is 4.39. The zero-order chi connectivity index (χ0) is 10.6. The number of nitrogens with two attached hydrogens (primary N) is 1. The monoisotopic (exact) mass is 211 g/mol. The van der Waals surface area contributed by atoms with Crippen molar-refractivity contribution in [3.8, 4) is 0 Å². The van der Waals surface area contributed by atoms with Crippen LogP contribution in [0.1, 0.15) is 43.3 Å². The van der Waals surface area contributed by atoms with Crippen molar-refractivity contribution in [3.05, 3.63) is 22.7 Å². The SMILES string of the molecule is C=C(C)CC(N)c1snnc1CCC. The number of nitrogens with zero attached hydrogens (tertiary/aromatic N) is 2. The molecule has 14 heavy (non-hydrogen) atoms. The summed E-state index contributed by atoms with van der Waals surface area (Å²) in [6, 6.07) is 0.0223. The average Bonchev–Trinajstić information content (AvgIpc) is 2.51. The van der Waals surface area contributed by atoms with E-state index in [-0.39, 0.29) is 6.04 Å². The van der Waals surface area contributed by atoms with Crippen LogP contribution in [0.4, 0.5) is 0 Å². The van der Waals surface area contributed by atoms with E-state index in [1.807, 2.05) is 6.92 Å². The lowest BCUT2D eigenvalue weighted by Gasteiger charge is -2.09. The second kappa shape index (κ2) is 5.22. The maximum atomic E-state index is 6.04. The molecule has 0 aromatic carbocycles. The van der Waals surface area contributed by atoms with Crippen LogP contribution in [0.15, 0.2) is 12.2 Å². The van der Waals surface area contributed by atoms with Crippen molar-refractivity contribution in [2.45, 2.75) is 39.2 Å². The fourth-order valence-electron chi connectivity index (χ4n) is 1.38. The summed E-state index contributed by atoms with van der Waals surface area (Å²) in [6.45, 7) is 7.99. The Balaban J connectivity index is 2.72. The van der Waals surface area contributed by atoms with Gasteiger partial charge in [0.1, 0.15) is 0 Å². The highest BCUT2D eigenvalue weighted by atomic mass is 32.1. The van der Waals surface area contributed by atoms with E-state index in [2.05, 4.69) is 23.1 Å². The van der Waals surface area contributed by atoms with Gasteiger partial charge in [-0.2, -0.15) is 0 Å². The van der Waals surface area contributed by atoms with Crippen LogP contribution in [0.25, 0.3) is 0 Å². The molecule has 78 valence electrons. The van der Waals surface area contributed by atoms with Gasteiger partial charge in [-0.3, -0.25) is 0 Å². The summed E-state index contributed by atoms with van der Waals surface area (Å²) in [7, 11) is 0. The smallest absolute Gasteiger partial charge is 0.0803 e. The van der Waals surface area contributed by atoms with Crippen LogP contribution in [0.5, 0.6) is 0 Å². The third kappa shape index (κ3) is 2.89. The molecule has 0 saturated carbocycles. The molecule has 0 radical (unpaired) electrons. The molecule has 0 bridgehead atoms. The largest absolute Gasteiger partial charge is 0.323 e. The Morgan fingerprint density at radius 1 is 1.64 bits per heavy atom. The summed E-state index contributed by atoms with van der Waals surface area (Å²) >= 11 is 1.41. The third-order valence-corrected chi connectivity index (χ3v) is 2.88. The maximum Gasteiger partial charge on any atom is 0.0803 e. The Kier molecular flexibility index (Phi) is 4.22. The topological polar surface area (TPSA) is 51.8 Å². The number of hydrogen-bond donors (Lipinski definition) is 1. The van der Waals surface area contributed by atoms with Crippen molar-refractivity contribution < 1.29 is 0 Å². The van der Waals surface area contributed by atoms with E-state index < -0.39 is 0 Å². The van der Waals surface area contributed by atoms with Gasteiger partial charge in [0.2, 0.25) is 0 Å². The molecule has 0 saturated heterocycles. The predicted octanol–water partition coefficient (Wildman–Crippen LogP) is 2.46. The van der Waals surface area contributed by atoms with Crippen LogP contribution >= 0.6 is 11.5 Å². The highest BCUT2D eigenvalue weighted by Crippen LogP contribution is 2.24. The summed E-state index contributed by atoms with van der Waals surface area (Å²) in [4.78, 5) is 1.12. The van der Waals surface area contributed by atoms with Gasteiger partial charge in [0.25, 0.3) is 0 Å². The number of aryl methyl sites for hydroxylation is 1. The summed E-state index contributed by atoms with van der Waals surface area (Å²) < 4.78 is 3.95. The van der Waals surface area contributed by atoms with Gasteiger partial charge in [-0.1, -0.05) is 23.4 Å². The number of hydrogen-bond acceptors (Lipinski definition) is 4. The first-order valence-electron chi connectivity index (χ1n) is 4.86. The molecule has 4 heteroatoms. The summed E-state index contributed by atoms with van der Waals surface area (Å²) in [5.41, 5.74) is 8.21. The fraction of sp³-hybridized carbons (Fsp3) is 0.600. The van der Waals surface area contributed by atoms with Crippen molar-refractivity contribution in [2.75, 3.05) is 0 Å². The molecule has 1 aromatic heterocycles. The molecule has 1 unspecified atom stereocenters. The molecule has 0 aliphatic carbocycles. The highest BCUT2D eigenvalue weighted by molar-refractivity contribution is 7.05. The van der Waals surface area contributed by atoms with E-state index in [9.17, 15) is 0 Å². The standard InChI is InChI=1S/C10H17N3S/c1-4-5-9-10(14-13-12-9)8(11)6-7(2)3/h8H,2,4-6,11H2,1,3H3. The zero-order valence-electron chi connectivity index (χ0n) is 8.79. The molecule has 0 fully saturated rings. The fourth-order valence-corrected chi connectivity index (χ4v) is 2.07. The third-order valence-electron chi connectivity index (χ3n) is 1.98. The lowest BCUT2D eigenvalue weighted by molar-refractivity contribution is 0.711. The molecule has 1 rings (SSSR count). The Labute approximate surface area is 89.2 Å². The first kappa shape index (κ1) is 11.3. The first-order chi connectivity index (χ1) is 6.65. The van der Waals surface area contributed by atoms with Gasteiger partial charge < -0.3 is 5.73 Å². The van der Waals surface area contributed by atoms with E-state index in [0.29, 0.717) is 0 Å². The van der Waals surface area contributed by atoms with E-state index >= 15 is 0 Å². The quantitative estimate of drug-likeness (QED) is 0.761. The van der Waals surface area contributed by atoms with Gasteiger partial charge in [0.15, 0.2) is 0 Å². The minimum atomic E-state index is 0.0223. The van der Waals surface area contributed by atoms with Crippen LogP contribution in [-0.4, -0.2) is 9.59 Å². The second-order valence-electron chi connectivity index (χ2n) is 3.60. The summed E-state index contributed by atoms with van der Waals surface area (Å²) in [5, 5.41) is 4.09. The van der Waals surface area contributed by atoms with E-state index in [0.717, 1.165) is 35.4 Å². The van der Waals surface area contributed by atoms with E-state index in [4.69, 9.17) is 5.73 Å². The van der Waals surface area contributed by atoms with Crippen LogP contribution in [-0.2, 0) is 6.42 Å². The van der Waals surface area contributed by atoms with Crippen molar-refractivity contribution >= 4 is 11.5 Å². The summed E-state index contributed by atoms with van der Waals surface area (Å²) in [5.74, 6) is 0. The lowest BCUT2D eigenvalue weighted by atomic mass is 10.1. The molecule has 0 aliphatic heterocycles. The molecule has 1 aromatic rings. The minimum absolute atomic E-state index is 0.0223. The van der Waals surface area contributed by atoms with E-state index in [1.54, 1.807) is 0 Å². The molecule has 1 heterocycles. The Bertz CT molecular complexity index is 306. The summed E-state index contributed by atoms with van der Waals surface area (Å²) in [6.07, 6.45) is 2.87. The van der Waals surface area contributed by atoms with Crippen LogP contribution < -0.4 is 5.73 Å². The average molecular weight is 211 g/mol. The van der Waals surface area contributed by atoms with Gasteiger partial charge in [-0.05, 0) is 31.3 Å². The van der Waals surface area contributed by atoms with Crippen LogP contribution in [0, 0.1) is 0 Å². The molecule has 0 aliphatic rings. The number of aromatic nitrogens is 2.